The van der Waals surface area contributed by atoms with Gasteiger partial charge in [0.1, 0.15) is 17.6 Å². The minimum atomic E-state index is -0.639. The van der Waals surface area contributed by atoms with Crippen LogP contribution >= 0.6 is 0 Å². The van der Waals surface area contributed by atoms with E-state index < -0.39 is 11.6 Å². The number of aromatic nitrogens is 3. The number of fused-ring (bicyclic) bond motifs is 2. The standard InChI is InChI=1S/C24H31N5O4/c1-4-24(2)17-11-20(25-13-16(17)14-33-24)22(30)26-18-5-8-29-21(28(3)23(18)31)12-19(27-29)15-6-9-32-10-7-15/h11-13,15,18H,4-10,14H2,1-3H3,(H,26,30)/t18?,24-/m1/s1. The van der Waals surface area contributed by atoms with Gasteiger partial charge in [-0.2, -0.15) is 5.10 Å². The van der Waals surface area contributed by atoms with Crippen molar-refractivity contribution in [1.82, 2.24) is 20.1 Å². The van der Waals surface area contributed by atoms with Gasteiger partial charge in [-0.15, -0.1) is 0 Å². The maximum Gasteiger partial charge on any atom is 0.270 e. The maximum absolute atomic E-state index is 13.2. The summed E-state index contributed by atoms with van der Waals surface area (Å²) in [4.78, 5) is 32.2. The van der Waals surface area contributed by atoms with Gasteiger partial charge in [0, 0.05) is 50.6 Å². The number of aryl methyl sites for hydroxylation is 1. The fourth-order valence-electron chi connectivity index (χ4n) is 4.96. The molecule has 0 radical (unpaired) electrons. The summed E-state index contributed by atoms with van der Waals surface area (Å²) in [6.07, 6.45) is 4.88. The van der Waals surface area contributed by atoms with Gasteiger partial charge < -0.3 is 14.8 Å². The van der Waals surface area contributed by atoms with Gasteiger partial charge in [0.25, 0.3) is 11.8 Å². The Bertz CT molecular complexity index is 1080. The molecule has 0 aliphatic carbocycles. The molecule has 2 atom stereocenters. The SMILES string of the molecule is CC[C@@]1(C)OCc2cnc(C(=O)NC3CCn4nc(C5CCOCC5)cc4N(C)C3=O)cc21. The number of hydrogen-bond donors (Lipinski definition) is 1. The second-order valence-corrected chi connectivity index (χ2v) is 9.35. The normalized spacial score (nSPS) is 25.5. The summed E-state index contributed by atoms with van der Waals surface area (Å²) in [6.45, 7) is 6.64. The molecule has 9 heteroatoms. The Morgan fingerprint density at radius 3 is 2.82 bits per heavy atom. The molecule has 33 heavy (non-hydrogen) atoms. The van der Waals surface area contributed by atoms with Gasteiger partial charge in [-0.3, -0.25) is 19.5 Å². The highest BCUT2D eigenvalue weighted by atomic mass is 16.5. The fraction of sp³-hybridized carbons (Fsp3) is 0.583. The first kappa shape index (κ1) is 22.0. The Hall–Kier alpha value is -2.78. The second-order valence-electron chi connectivity index (χ2n) is 9.35. The highest BCUT2D eigenvalue weighted by Crippen LogP contribution is 2.38. The van der Waals surface area contributed by atoms with E-state index in [-0.39, 0.29) is 11.8 Å². The van der Waals surface area contributed by atoms with Crippen LogP contribution < -0.4 is 10.2 Å². The smallest absolute Gasteiger partial charge is 0.270 e. The lowest BCUT2D eigenvalue weighted by Gasteiger charge is -2.23. The molecule has 0 saturated carbocycles. The van der Waals surface area contributed by atoms with Crippen molar-refractivity contribution in [2.24, 2.45) is 0 Å². The molecule has 9 nitrogen and oxygen atoms in total. The lowest BCUT2D eigenvalue weighted by Crippen LogP contribution is -2.47. The van der Waals surface area contributed by atoms with Crippen LogP contribution in [0, 0.1) is 0 Å². The number of pyridine rings is 1. The quantitative estimate of drug-likeness (QED) is 0.764. The molecule has 5 heterocycles. The Kier molecular flexibility index (Phi) is 5.70. The number of anilines is 1. The van der Waals surface area contributed by atoms with Crippen LogP contribution in [0.5, 0.6) is 0 Å². The first-order valence-corrected chi connectivity index (χ1v) is 11.8. The molecule has 1 saturated heterocycles. The van der Waals surface area contributed by atoms with Crippen molar-refractivity contribution in [3.63, 3.8) is 0 Å². The average Bonchev–Trinajstić information content (AvgIpc) is 3.40. The first-order valence-electron chi connectivity index (χ1n) is 11.8. The van der Waals surface area contributed by atoms with E-state index in [1.807, 2.05) is 17.7 Å². The minimum absolute atomic E-state index is 0.150. The molecule has 2 aromatic rings. The predicted octanol–water partition coefficient (Wildman–Crippen LogP) is 2.49. The number of likely N-dealkylation sites (N-methyl/N-ethyl adjacent to an activating group) is 1. The number of carbonyl (C=O) groups excluding carboxylic acids is 2. The lowest BCUT2D eigenvalue weighted by atomic mass is 9.92. The van der Waals surface area contributed by atoms with Crippen LogP contribution in [-0.4, -0.2) is 52.9 Å². The predicted molar refractivity (Wildman–Crippen MR) is 121 cm³/mol. The van der Waals surface area contributed by atoms with Crippen molar-refractivity contribution in [3.8, 4) is 0 Å². The number of nitrogens with zero attached hydrogens (tertiary/aromatic N) is 4. The fourth-order valence-corrected chi connectivity index (χ4v) is 4.96. The third-order valence-corrected chi connectivity index (χ3v) is 7.33. The molecule has 176 valence electrons. The number of amides is 2. The van der Waals surface area contributed by atoms with E-state index in [2.05, 4.69) is 17.2 Å². The van der Waals surface area contributed by atoms with E-state index >= 15 is 0 Å². The van der Waals surface area contributed by atoms with Crippen LogP contribution in [0.1, 0.15) is 72.8 Å². The largest absolute Gasteiger partial charge is 0.381 e. The Balaban J connectivity index is 1.31. The summed E-state index contributed by atoms with van der Waals surface area (Å²) in [7, 11) is 1.74. The number of nitrogens with one attached hydrogen (secondary N) is 1. The zero-order chi connectivity index (χ0) is 23.2. The van der Waals surface area contributed by atoms with Gasteiger partial charge in [-0.1, -0.05) is 6.92 Å². The summed E-state index contributed by atoms with van der Waals surface area (Å²) in [5.41, 5.74) is 2.91. The number of ether oxygens (including phenoxy) is 2. The van der Waals surface area contributed by atoms with E-state index in [1.54, 1.807) is 24.2 Å². The highest BCUT2D eigenvalue weighted by Gasteiger charge is 2.36. The van der Waals surface area contributed by atoms with Crippen molar-refractivity contribution < 1.29 is 19.1 Å². The third-order valence-electron chi connectivity index (χ3n) is 7.33. The Morgan fingerprint density at radius 2 is 2.06 bits per heavy atom. The minimum Gasteiger partial charge on any atom is -0.381 e. The van der Waals surface area contributed by atoms with Gasteiger partial charge >= 0.3 is 0 Å². The number of hydrogen-bond acceptors (Lipinski definition) is 6. The zero-order valence-corrected chi connectivity index (χ0v) is 19.5. The van der Waals surface area contributed by atoms with Crippen molar-refractivity contribution >= 4 is 17.6 Å². The third kappa shape index (κ3) is 3.93. The van der Waals surface area contributed by atoms with Crippen LogP contribution in [0.15, 0.2) is 18.3 Å². The van der Waals surface area contributed by atoms with Crippen LogP contribution in [0.4, 0.5) is 5.82 Å². The Morgan fingerprint density at radius 1 is 1.27 bits per heavy atom. The maximum atomic E-state index is 13.2. The molecular formula is C24H31N5O4. The van der Waals surface area contributed by atoms with Crippen LogP contribution in [0.3, 0.4) is 0 Å². The summed E-state index contributed by atoms with van der Waals surface area (Å²) in [5, 5.41) is 7.69. The molecule has 3 aliphatic rings. The molecule has 1 fully saturated rings. The first-order chi connectivity index (χ1) is 15.9. The van der Waals surface area contributed by atoms with Crippen molar-refractivity contribution in [1.29, 1.82) is 0 Å². The Labute approximate surface area is 193 Å². The van der Waals surface area contributed by atoms with Crippen molar-refractivity contribution in [2.75, 3.05) is 25.2 Å². The summed E-state index contributed by atoms with van der Waals surface area (Å²) >= 11 is 0. The summed E-state index contributed by atoms with van der Waals surface area (Å²) < 4.78 is 13.3. The molecular weight excluding hydrogens is 422 g/mol. The topological polar surface area (TPSA) is 98.6 Å². The van der Waals surface area contributed by atoms with Crippen LogP contribution in [-0.2, 0) is 33.0 Å². The van der Waals surface area contributed by atoms with E-state index in [0.29, 0.717) is 31.2 Å². The van der Waals surface area contributed by atoms with E-state index in [1.165, 1.54) is 0 Å². The molecule has 1 N–H and O–H groups in total. The van der Waals surface area contributed by atoms with Crippen molar-refractivity contribution in [2.45, 2.75) is 70.2 Å². The molecule has 2 aromatic heterocycles. The van der Waals surface area contributed by atoms with Gasteiger partial charge in [0.15, 0.2) is 0 Å². The van der Waals surface area contributed by atoms with Crippen LogP contribution in [0.25, 0.3) is 0 Å². The molecule has 0 aromatic carbocycles. The molecule has 0 bridgehead atoms. The molecule has 1 unspecified atom stereocenters. The average molecular weight is 454 g/mol. The molecule has 3 aliphatic heterocycles. The number of carbonyl (C=O) groups is 2. The van der Waals surface area contributed by atoms with E-state index in [0.717, 1.165) is 55.1 Å². The number of rotatable bonds is 4. The zero-order valence-electron chi connectivity index (χ0n) is 19.5. The second kappa shape index (κ2) is 8.53. The molecule has 5 rings (SSSR count). The van der Waals surface area contributed by atoms with Gasteiger partial charge in [-0.25, -0.2) is 4.68 Å². The van der Waals surface area contributed by atoms with Gasteiger partial charge in [0.05, 0.1) is 17.9 Å². The van der Waals surface area contributed by atoms with Gasteiger partial charge in [-0.05, 0) is 44.2 Å². The van der Waals surface area contributed by atoms with Crippen molar-refractivity contribution in [3.05, 3.63) is 40.8 Å². The molecule has 2 amide bonds. The monoisotopic (exact) mass is 453 g/mol. The summed E-state index contributed by atoms with van der Waals surface area (Å²) in [5.74, 6) is 0.631. The summed E-state index contributed by atoms with van der Waals surface area (Å²) in [6, 6.07) is 3.17. The molecule has 0 spiro atoms. The lowest BCUT2D eigenvalue weighted by molar-refractivity contribution is -0.120. The van der Waals surface area contributed by atoms with Gasteiger partial charge in [0.2, 0.25) is 0 Å². The highest BCUT2D eigenvalue weighted by molar-refractivity contribution is 6.01. The van der Waals surface area contributed by atoms with E-state index in [9.17, 15) is 9.59 Å². The van der Waals surface area contributed by atoms with E-state index in [4.69, 9.17) is 14.6 Å². The van der Waals surface area contributed by atoms with Crippen LogP contribution in [0.2, 0.25) is 0 Å².